The number of nitrogens with zero attached hydrogens (tertiary/aromatic N) is 3. The molecule has 0 aliphatic carbocycles. The van der Waals surface area contributed by atoms with Gasteiger partial charge in [0, 0.05) is 42.0 Å². The van der Waals surface area contributed by atoms with E-state index in [1.165, 1.54) is 36.8 Å². The minimum atomic E-state index is 0.157. The van der Waals surface area contributed by atoms with Gasteiger partial charge in [-0.15, -0.1) is 0 Å². The summed E-state index contributed by atoms with van der Waals surface area (Å²) < 4.78 is 5.79. The normalized spacial score (nSPS) is 17.9. The lowest BCUT2D eigenvalue weighted by molar-refractivity contribution is 0.0678. The maximum atomic E-state index is 13.1. The zero-order valence-corrected chi connectivity index (χ0v) is 21.4. The van der Waals surface area contributed by atoms with E-state index in [1.54, 1.807) is 6.20 Å². The third-order valence-corrected chi connectivity index (χ3v) is 8.42. The van der Waals surface area contributed by atoms with Crippen LogP contribution in [0.2, 0.25) is 0 Å². The number of benzene rings is 2. The number of para-hydroxylation sites is 1. The van der Waals surface area contributed by atoms with Crippen molar-refractivity contribution in [3.05, 3.63) is 90.4 Å². The molecule has 6 rings (SSSR count). The van der Waals surface area contributed by atoms with E-state index in [1.807, 2.05) is 59.8 Å². The molecule has 5 heteroatoms. The first kappa shape index (κ1) is 23.9. The van der Waals surface area contributed by atoms with Crippen LogP contribution in [0.15, 0.2) is 83.7 Å². The Morgan fingerprint density at radius 2 is 1.65 bits per heavy atom. The summed E-state index contributed by atoms with van der Waals surface area (Å²) in [4.78, 5) is 21.9. The fourth-order valence-electron chi connectivity index (χ4n) is 6.09. The molecule has 37 heavy (non-hydrogen) atoms. The maximum Gasteiger partial charge on any atom is 0.253 e. The zero-order valence-electron chi connectivity index (χ0n) is 21.4. The highest BCUT2D eigenvalue weighted by Crippen LogP contribution is 2.34. The quantitative estimate of drug-likeness (QED) is 0.303. The molecular formula is C32H35N3O2. The summed E-state index contributed by atoms with van der Waals surface area (Å²) in [6.07, 6.45) is 11.5. The summed E-state index contributed by atoms with van der Waals surface area (Å²) in [5.41, 5.74) is 5.33. The number of likely N-dealkylation sites (tertiary alicyclic amines) is 2. The molecule has 2 aromatic heterocycles. The molecule has 5 nitrogen and oxygen atoms in total. The molecule has 4 aromatic rings. The van der Waals surface area contributed by atoms with Gasteiger partial charge in [-0.25, -0.2) is 0 Å². The molecule has 2 fully saturated rings. The summed E-state index contributed by atoms with van der Waals surface area (Å²) in [6.45, 7) is 5.23. The molecule has 2 aliphatic heterocycles. The molecule has 0 radical (unpaired) electrons. The van der Waals surface area contributed by atoms with Crippen molar-refractivity contribution in [3.8, 4) is 11.1 Å². The fraction of sp³-hybridized carbons (Fsp3) is 0.375. The van der Waals surface area contributed by atoms with Gasteiger partial charge in [0.2, 0.25) is 0 Å². The minimum absolute atomic E-state index is 0.157. The minimum Gasteiger partial charge on any atom is -0.464 e. The Hall–Kier alpha value is -3.44. The van der Waals surface area contributed by atoms with E-state index in [2.05, 4.69) is 28.1 Å². The van der Waals surface area contributed by atoms with E-state index in [-0.39, 0.29) is 5.91 Å². The number of rotatable bonds is 6. The second-order valence-electron chi connectivity index (χ2n) is 10.6. The fourth-order valence-corrected chi connectivity index (χ4v) is 6.09. The van der Waals surface area contributed by atoms with Crippen LogP contribution in [0, 0.1) is 5.92 Å². The highest BCUT2D eigenvalue weighted by atomic mass is 16.3. The van der Waals surface area contributed by atoms with Crippen LogP contribution >= 0.6 is 0 Å². The molecule has 1 amide bonds. The van der Waals surface area contributed by atoms with Gasteiger partial charge in [0.05, 0.1) is 6.26 Å². The Kier molecular flexibility index (Phi) is 7.05. The summed E-state index contributed by atoms with van der Waals surface area (Å²) in [5, 5.41) is 1.28. The van der Waals surface area contributed by atoms with Crippen LogP contribution in [-0.2, 0) is 0 Å². The third kappa shape index (κ3) is 5.33. The van der Waals surface area contributed by atoms with Crippen LogP contribution in [-0.4, -0.2) is 53.4 Å². The average molecular weight is 494 g/mol. The highest BCUT2D eigenvalue weighted by Gasteiger charge is 2.26. The van der Waals surface area contributed by atoms with E-state index in [0.29, 0.717) is 11.8 Å². The number of hydrogen-bond acceptors (Lipinski definition) is 4. The predicted octanol–water partition coefficient (Wildman–Crippen LogP) is 6.62. The number of piperidine rings is 2. The van der Waals surface area contributed by atoms with Gasteiger partial charge in [-0.3, -0.25) is 9.78 Å². The average Bonchev–Trinajstić information content (AvgIpc) is 3.41. The van der Waals surface area contributed by atoms with Gasteiger partial charge >= 0.3 is 0 Å². The van der Waals surface area contributed by atoms with Crippen molar-refractivity contribution < 1.29 is 9.21 Å². The number of hydrogen-bond donors (Lipinski definition) is 0. The van der Waals surface area contributed by atoms with Crippen LogP contribution in [0.25, 0.3) is 22.1 Å². The van der Waals surface area contributed by atoms with Crippen molar-refractivity contribution in [1.29, 1.82) is 0 Å². The molecule has 190 valence electrons. The summed E-state index contributed by atoms with van der Waals surface area (Å²) >= 11 is 0. The van der Waals surface area contributed by atoms with E-state index >= 15 is 0 Å². The number of carbonyl (C=O) groups excluding carboxylic acids is 1. The SMILES string of the molecule is O=C(c1ccc(-c2cccnc2)cc1)N1CCC(CCN2CCC(c3coc4ccccc34)CC2)CC1. The molecule has 0 N–H and O–H groups in total. The lowest BCUT2D eigenvalue weighted by Gasteiger charge is -2.35. The maximum absolute atomic E-state index is 13.1. The van der Waals surface area contributed by atoms with Crippen molar-refractivity contribution in [1.82, 2.24) is 14.8 Å². The van der Waals surface area contributed by atoms with Crippen LogP contribution in [0.1, 0.15) is 53.9 Å². The first-order valence-corrected chi connectivity index (χ1v) is 13.7. The molecule has 0 unspecified atom stereocenters. The molecule has 4 heterocycles. The van der Waals surface area contributed by atoms with E-state index in [4.69, 9.17) is 4.42 Å². The van der Waals surface area contributed by atoms with Gasteiger partial charge in [0.15, 0.2) is 0 Å². The summed E-state index contributed by atoms with van der Waals surface area (Å²) in [5.74, 6) is 1.48. The number of amides is 1. The van der Waals surface area contributed by atoms with E-state index in [9.17, 15) is 4.79 Å². The second-order valence-corrected chi connectivity index (χ2v) is 10.6. The van der Waals surface area contributed by atoms with Crippen molar-refractivity contribution in [2.75, 3.05) is 32.7 Å². The summed E-state index contributed by atoms with van der Waals surface area (Å²) in [6, 6.07) is 20.3. The lowest BCUT2D eigenvalue weighted by atomic mass is 9.88. The Bertz CT molecular complexity index is 1320. The van der Waals surface area contributed by atoms with Gasteiger partial charge in [-0.1, -0.05) is 36.4 Å². The number of carbonyl (C=O) groups is 1. The molecular weight excluding hydrogens is 458 g/mol. The van der Waals surface area contributed by atoms with Crippen molar-refractivity contribution in [2.24, 2.45) is 5.92 Å². The predicted molar refractivity (Wildman–Crippen MR) is 148 cm³/mol. The monoisotopic (exact) mass is 493 g/mol. The lowest BCUT2D eigenvalue weighted by Crippen LogP contribution is -2.40. The van der Waals surface area contributed by atoms with Gasteiger partial charge in [0.1, 0.15) is 5.58 Å². The van der Waals surface area contributed by atoms with Gasteiger partial charge < -0.3 is 14.2 Å². The molecule has 0 atom stereocenters. The molecule has 0 bridgehead atoms. The van der Waals surface area contributed by atoms with E-state index < -0.39 is 0 Å². The Balaban J connectivity index is 0.945. The van der Waals surface area contributed by atoms with Gasteiger partial charge in [-0.05, 0) is 99.0 Å². The first-order chi connectivity index (χ1) is 18.2. The number of pyridine rings is 1. The topological polar surface area (TPSA) is 49.6 Å². The van der Waals surface area contributed by atoms with E-state index in [0.717, 1.165) is 61.3 Å². The number of fused-ring (bicyclic) bond motifs is 1. The largest absolute Gasteiger partial charge is 0.464 e. The van der Waals surface area contributed by atoms with Crippen molar-refractivity contribution in [2.45, 2.75) is 38.0 Å². The number of aromatic nitrogens is 1. The van der Waals surface area contributed by atoms with Crippen molar-refractivity contribution in [3.63, 3.8) is 0 Å². The van der Waals surface area contributed by atoms with Gasteiger partial charge in [-0.2, -0.15) is 0 Å². The molecule has 2 aromatic carbocycles. The molecule has 0 saturated carbocycles. The molecule has 2 aliphatic rings. The van der Waals surface area contributed by atoms with Crippen LogP contribution in [0.5, 0.6) is 0 Å². The van der Waals surface area contributed by atoms with Crippen LogP contribution in [0.3, 0.4) is 0 Å². The molecule has 0 spiro atoms. The van der Waals surface area contributed by atoms with Crippen LogP contribution in [0.4, 0.5) is 0 Å². The third-order valence-electron chi connectivity index (χ3n) is 8.42. The number of furan rings is 1. The highest BCUT2D eigenvalue weighted by molar-refractivity contribution is 5.94. The smallest absolute Gasteiger partial charge is 0.253 e. The van der Waals surface area contributed by atoms with Gasteiger partial charge in [0.25, 0.3) is 5.91 Å². The van der Waals surface area contributed by atoms with Crippen molar-refractivity contribution >= 4 is 16.9 Å². The van der Waals surface area contributed by atoms with Crippen LogP contribution < -0.4 is 0 Å². The second kappa shape index (κ2) is 10.9. The first-order valence-electron chi connectivity index (χ1n) is 13.7. The summed E-state index contributed by atoms with van der Waals surface area (Å²) in [7, 11) is 0. The zero-order chi connectivity index (χ0) is 25.0. The Morgan fingerprint density at radius 1 is 0.865 bits per heavy atom. The Morgan fingerprint density at radius 3 is 2.41 bits per heavy atom. The Labute approximate surface area is 219 Å². The molecule has 2 saturated heterocycles. The standard InChI is InChI=1S/C32H35N3O2/c36-32(27-9-7-25(8-10-27)28-4-3-16-33-22-28)35-20-12-24(13-21-35)11-17-34-18-14-26(15-19-34)30-23-37-31-6-2-1-5-29(30)31/h1-10,16,22-24,26H,11-15,17-21H2.